The number of fused-ring (bicyclic) bond motifs is 2. The number of rotatable bonds is 6. The van der Waals surface area contributed by atoms with E-state index in [0.717, 1.165) is 0 Å². The Bertz CT molecular complexity index is 2710. The molecule has 2 atom stereocenters. The van der Waals surface area contributed by atoms with E-state index in [0.29, 0.717) is 7.25 Å². The molecule has 0 bridgehead atoms. The molecule has 8 rings (SSSR count). The third kappa shape index (κ3) is 9.45. The van der Waals surface area contributed by atoms with Crippen LogP contribution in [0.25, 0.3) is 56.7 Å². The molecule has 0 nitrogen and oxygen atoms in total. The molecule has 4 heteroatoms. The Hall–Kier alpha value is -3.52. The Kier molecular flexibility index (Phi) is 14.0. The first-order valence-corrected chi connectivity index (χ1v) is 37.5. The number of hydrogen-bond donors (Lipinski definition) is 0. The van der Waals surface area contributed by atoms with E-state index in [-0.39, 0.29) is 46.5 Å². The van der Waals surface area contributed by atoms with E-state index in [9.17, 15) is 0 Å². The van der Waals surface area contributed by atoms with Gasteiger partial charge < -0.3 is 0 Å². The summed E-state index contributed by atoms with van der Waals surface area (Å²) in [4.78, 5) is 0. The molecule has 346 valence electrons. The molecule has 0 aromatic heterocycles. The van der Waals surface area contributed by atoms with Gasteiger partial charge in [-0.2, -0.15) is 0 Å². The molecule has 0 heterocycles. The zero-order chi connectivity index (χ0) is 46.6. The summed E-state index contributed by atoms with van der Waals surface area (Å²) in [5.41, 5.74) is 25.6. The minimum atomic E-state index is -4.13. The molecule has 2 unspecified atom stereocenters. The fourth-order valence-electron chi connectivity index (χ4n) is 11.5. The van der Waals surface area contributed by atoms with Crippen molar-refractivity contribution < 1.29 is 17.4 Å². The van der Waals surface area contributed by atoms with Crippen LogP contribution in [0.1, 0.15) is 149 Å². The number of hydrogen-bond acceptors (Lipinski definition) is 0. The number of halogens is 2. The van der Waals surface area contributed by atoms with Gasteiger partial charge in [-0.25, -0.2) is 0 Å². The van der Waals surface area contributed by atoms with Crippen molar-refractivity contribution in [2.75, 3.05) is 0 Å². The molecule has 0 N–H and O–H groups in total. The van der Waals surface area contributed by atoms with Crippen LogP contribution in [0.3, 0.4) is 0 Å². The maximum atomic E-state index is 2.81. The van der Waals surface area contributed by atoms with Crippen LogP contribution < -0.4 is 0 Å². The molecular formula is C62H76Cl2SiZr. The molecule has 6 aromatic carbocycles. The standard InChI is InChI=1S/2C30H33.2CH3.2ClH.H2Si.Zr/c2*1-20-18-27-25(21-8-12-23(13-9-21)29(2,3)4)16-17-26(28(27)19-20)22-10-14-24(15-11-22)30(5,6)7;;;;;;/h2*8-19H,1-7H3;2*1H3;2*1H;1H2;. The zero-order valence-corrected chi connectivity index (χ0v) is 48.4. The van der Waals surface area contributed by atoms with Crippen LogP contribution in [0.4, 0.5) is 0 Å². The van der Waals surface area contributed by atoms with E-state index in [1.54, 1.807) is 11.1 Å². The fourth-order valence-corrected chi connectivity index (χ4v) is 32.5. The normalized spacial score (nSPS) is 16.4. The average Bonchev–Trinajstić information content (AvgIpc) is 3.77. The largest absolute Gasteiger partial charge is 0.147 e. The smallest absolute Gasteiger partial charge is 0.147 e. The van der Waals surface area contributed by atoms with Gasteiger partial charge in [0.15, 0.2) is 0 Å². The van der Waals surface area contributed by atoms with Crippen molar-refractivity contribution in [2.45, 2.75) is 135 Å². The number of allylic oxidation sites excluding steroid dienone is 2. The van der Waals surface area contributed by atoms with E-state index < -0.39 is 17.4 Å². The van der Waals surface area contributed by atoms with E-state index >= 15 is 0 Å². The van der Waals surface area contributed by atoms with Crippen molar-refractivity contribution in [1.82, 2.24) is 0 Å². The van der Waals surface area contributed by atoms with Gasteiger partial charge in [-0.05, 0) is 0 Å². The molecule has 2 aliphatic rings. The number of benzene rings is 6. The summed E-state index contributed by atoms with van der Waals surface area (Å²) in [7, 11) is 0. The van der Waals surface area contributed by atoms with Crippen LogP contribution in [-0.4, -0.2) is 6.88 Å². The second-order valence-electron chi connectivity index (χ2n) is 24.9. The Morgan fingerprint density at radius 2 is 0.561 bits per heavy atom. The van der Waals surface area contributed by atoms with E-state index in [4.69, 9.17) is 0 Å². The minimum absolute atomic E-state index is 0. The van der Waals surface area contributed by atoms with Crippen LogP contribution in [-0.2, 0) is 39.1 Å². The predicted octanol–water partition coefficient (Wildman–Crippen LogP) is 18.3. The van der Waals surface area contributed by atoms with Gasteiger partial charge in [0, 0.05) is 0 Å². The van der Waals surface area contributed by atoms with Gasteiger partial charge in [0.25, 0.3) is 0 Å². The van der Waals surface area contributed by atoms with Crippen LogP contribution in [0.15, 0.2) is 132 Å². The summed E-state index contributed by atoms with van der Waals surface area (Å²) in [5.74, 6) is 0. The molecular weight excluding hydrogens is 935 g/mol. The molecule has 0 radical (unpaired) electrons. The summed E-state index contributed by atoms with van der Waals surface area (Å²) < 4.78 is 6.32. The third-order valence-electron chi connectivity index (χ3n) is 15.0. The molecule has 2 aliphatic carbocycles. The monoisotopic (exact) mass is 1010 g/mol. The first-order chi connectivity index (χ1) is 29.6. The fraction of sp³-hybridized carbons (Fsp3) is 0.355. The van der Waals surface area contributed by atoms with Crippen molar-refractivity contribution in [3.63, 3.8) is 0 Å². The summed E-state index contributed by atoms with van der Waals surface area (Å²) in [6.07, 6.45) is 5.20. The van der Waals surface area contributed by atoms with Crippen molar-refractivity contribution in [1.29, 1.82) is 0 Å². The summed E-state index contributed by atoms with van der Waals surface area (Å²) in [6, 6.07) is 47.8. The van der Waals surface area contributed by atoms with Gasteiger partial charge >= 0.3 is 393 Å². The van der Waals surface area contributed by atoms with E-state index in [2.05, 4.69) is 247 Å². The van der Waals surface area contributed by atoms with Gasteiger partial charge in [0.05, 0.1) is 0 Å². The van der Waals surface area contributed by atoms with Crippen molar-refractivity contribution in [3.8, 4) is 44.5 Å². The van der Waals surface area contributed by atoms with E-state index in [1.807, 2.05) is 0 Å². The Labute approximate surface area is 414 Å². The first-order valence-electron chi connectivity index (χ1n) is 23.8. The third-order valence-corrected chi connectivity index (χ3v) is 32.8. The van der Waals surface area contributed by atoms with Gasteiger partial charge in [-0.3, -0.25) is 0 Å². The van der Waals surface area contributed by atoms with Gasteiger partial charge in [-0.1, -0.05) is 0 Å². The molecule has 0 spiro atoms. The predicted molar refractivity (Wildman–Crippen MR) is 297 cm³/mol. The summed E-state index contributed by atoms with van der Waals surface area (Å²) in [6.45, 7) is 35.1. The van der Waals surface area contributed by atoms with Gasteiger partial charge in [0.1, 0.15) is 0 Å². The first kappa shape index (κ1) is 51.9. The van der Waals surface area contributed by atoms with Crippen molar-refractivity contribution >= 4 is 43.8 Å². The summed E-state index contributed by atoms with van der Waals surface area (Å²) >= 11 is -4.13. The quantitative estimate of drug-likeness (QED) is 0.146. The van der Waals surface area contributed by atoms with Crippen molar-refractivity contribution in [3.05, 3.63) is 177 Å². The van der Waals surface area contributed by atoms with Crippen LogP contribution >= 0.6 is 24.8 Å². The second kappa shape index (κ2) is 17.8. The summed E-state index contributed by atoms with van der Waals surface area (Å²) in [5, 5.41) is 0. The van der Waals surface area contributed by atoms with Crippen molar-refractivity contribution in [2.24, 2.45) is 0 Å². The molecule has 0 aliphatic heterocycles. The SMILES string of the molecule is CC1=Cc2c(-c3ccc(C(C)(C)C)cc3)ccc(-c3ccc(C(C)(C)C)cc3)c2[CH]1[Zr]([CH3])([CH3])(=[SiH2])[CH]1C(C)=Cc2c(-c3ccc(C(C)(C)C)cc3)ccc(-c3ccc(C(C)(C)C)cc3)c21.Cl.Cl. The molecule has 66 heavy (non-hydrogen) atoms. The van der Waals surface area contributed by atoms with Gasteiger partial charge in [-0.15, -0.1) is 24.8 Å². The molecule has 0 saturated heterocycles. The Morgan fingerprint density at radius 3 is 0.788 bits per heavy atom. The minimum Gasteiger partial charge on any atom is -0.147 e. The molecule has 0 amide bonds. The van der Waals surface area contributed by atoms with Crippen LogP contribution in [0, 0.1) is 0 Å². The molecule has 6 aromatic rings. The molecule has 0 saturated carbocycles. The van der Waals surface area contributed by atoms with Crippen LogP contribution in [0.2, 0.25) is 9.26 Å². The zero-order valence-electron chi connectivity index (χ0n) is 42.9. The second-order valence-corrected chi connectivity index (χ2v) is 55.3. The topological polar surface area (TPSA) is 0 Å². The maximum absolute atomic E-state index is 4.13. The Balaban J connectivity index is 0.00000360. The average molecular weight is 1010 g/mol. The Morgan fingerprint density at radius 1 is 0.348 bits per heavy atom. The van der Waals surface area contributed by atoms with Crippen LogP contribution in [0.5, 0.6) is 0 Å². The molecule has 0 fully saturated rings. The van der Waals surface area contributed by atoms with E-state index in [1.165, 1.54) is 89.0 Å². The maximum Gasteiger partial charge on any atom is -0.147 e. The van der Waals surface area contributed by atoms with Gasteiger partial charge in [0.2, 0.25) is 0 Å².